The van der Waals surface area contributed by atoms with Gasteiger partial charge in [-0.25, -0.2) is 0 Å². The predicted octanol–water partition coefficient (Wildman–Crippen LogP) is 3.03. The van der Waals surface area contributed by atoms with Crippen LogP contribution in [0.15, 0.2) is 12.1 Å². The number of carbonyl (C=O) groups is 1. The van der Waals surface area contributed by atoms with E-state index < -0.39 is 0 Å². The molecule has 1 aromatic rings. The molecule has 0 aliphatic carbocycles. The van der Waals surface area contributed by atoms with Gasteiger partial charge >= 0.3 is 0 Å². The normalized spacial score (nSPS) is 10.0. The molecule has 0 fully saturated rings. The third kappa shape index (κ3) is 2.20. The summed E-state index contributed by atoms with van der Waals surface area (Å²) in [6.07, 6.45) is 0. The van der Waals surface area contributed by atoms with E-state index in [1.54, 1.807) is 19.2 Å². The molecule has 4 heteroatoms. The van der Waals surface area contributed by atoms with Gasteiger partial charge in [-0.3, -0.25) is 4.79 Å². The molecule has 1 rings (SSSR count). The van der Waals surface area contributed by atoms with E-state index in [1.807, 2.05) is 6.92 Å². The fraction of sp³-hybridized carbons (Fsp3) is 0.300. The van der Waals surface area contributed by atoms with Gasteiger partial charge in [-0.15, -0.1) is 11.6 Å². The average molecular weight is 325 g/mol. The molecular formula is C10H10ClIO2. The van der Waals surface area contributed by atoms with Gasteiger partial charge in [-0.1, -0.05) is 0 Å². The van der Waals surface area contributed by atoms with Gasteiger partial charge in [-0.2, -0.15) is 0 Å². The van der Waals surface area contributed by atoms with E-state index in [9.17, 15) is 4.79 Å². The standard InChI is InChI=1S/C10H10ClIO2/c1-6-7(8(13)5-11)3-4-9(14-2)10(6)12/h3-4H,5H2,1-2H3. The Morgan fingerprint density at radius 3 is 2.71 bits per heavy atom. The maximum atomic E-state index is 11.4. The molecule has 0 saturated carbocycles. The number of methoxy groups -OCH3 is 1. The van der Waals surface area contributed by atoms with Crippen molar-refractivity contribution in [3.8, 4) is 5.75 Å². The Morgan fingerprint density at radius 2 is 2.21 bits per heavy atom. The van der Waals surface area contributed by atoms with Gasteiger partial charge in [0.25, 0.3) is 0 Å². The Kier molecular flexibility index (Phi) is 4.19. The quantitative estimate of drug-likeness (QED) is 0.485. The van der Waals surface area contributed by atoms with Crippen LogP contribution in [0.5, 0.6) is 5.75 Å². The summed E-state index contributed by atoms with van der Waals surface area (Å²) >= 11 is 7.66. The third-order valence-corrected chi connectivity index (χ3v) is 3.58. The molecule has 0 unspecified atom stereocenters. The van der Waals surface area contributed by atoms with E-state index in [4.69, 9.17) is 16.3 Å². The van der Waals surface area contributed by atoms with Gasteiger partial charge < -0.3 is 4.74 Å². The molecule has 2 nitrogen and oxygen atoms in total. The minimum absolute atomic E-state index is 0.0171. The van der Waals surface area contributed by atoms with Crippen molar-refractivity contribution in [2.45, 2.75) is 6.92 Å². The predicted molar refractivity (Wildman–Crippen MR) is 65.5 cm³/mol. The number of hydrogen-bond acceptors (Lipinski definition) is 2. The van der Waals surface area contributed by atoms with Gasteiger partial charge in [0, 0.05) is 5.56 Å². The number of ketones is 1. The topological polar surface area (TPSA) is 26.3 Å². The summed E-state index contributed by atoms with van der Waals surface area (Å²) in [6.45, 7) is 1.89. The Bertz CT molecular complexity index is 363. The van der Waals surface area contributed by atoms with Crippen LogP contribution < -0.4 is 4.74 Å². The molecule has 0 spiro atoms. The van der Waals surface area contributed by atoms with Crippen molar-refractivity contribution in [2.24, 2.45) is 0 Å². The second-order valence-electron chi connectivity index (χ2n) is 2.81. The van der Waals surface area contributed by atoms with E-state index in [1.165, 1.54) is 0 Å². The molecule has 0 heterocycles. The summed E-state index contributed by atoms with van der Waals surface area (Å²) in [5.41, 5.74) is 1.60. The molecule has 0 aromatic heterocycles. The molecule has 1 aromatic carbocycles. The first-order valence-electron chi connectivity index (χ1n) is 4.04. The zero-order valence-corrected chi connectivity index (χ0v) is 10.8. The molecule has 76 valence electrons. The summed E-state index contributed by atoms with van der Waals surface area (Å²) in [5, 5.41) is 0. The molecular weight excluding hydrogens is 314 g/mol. The van der Waals surface area contributed by atoms with Crippen LogP contribution in [0.25, 0.3) is 0 Å². The number of halogens is 2. The van der Waals surface area contributed by atoms with Gasteiger partial charge in [0.1, 0.15) is 5.75 Å². The van der Waals surface area contributed by atoms with Crippen LogP contribution in [0.4, 0.5) is 0 Å². The van der Waals surface area contributed by atoms with Crippen LogP contribution in [-0.2, 0) is 0 Å². The Morgan fingerprint density at radius 1 is 1.57 bits per heavy atom. The highest BCUT2D eigenvalue weighted by Crippen LogP contribution is 2.26. The number of ether oxygens (including phenoxy) is 1. The van der Waals surface area contributed by atoms with Gasteiger partial charge in [0.2, 0.25) is 0 Å². The molecule has 0 aliphatic rings. The molecule has 0 atom stereocenters. The first kappa shape index (κ1) is 11.8. The molecule has 14 heavy (non-hydrogen) atoms. The number of rotatable bonds is 3. The molecule has 0 bridgehead atoms. The van der Waals surface area contributed by atoms with E-state index >= 15 is 0 Å². The third-order valence-electron chi connectivity index (χ3n) is 1.99. The first-order chi connectivity index (χ1) is 6.61. The van der Waals surface area contributed by atoms with Crippen LogP contribution >= 0.6 is 34.2 Å². The van der Waals surface area contributed by atoms with E-state index in [0.717, 1.165) is 14.9 Å². The minimum Gasteiger partial charge on any atom is -0.496 e. The van der Waals surface area contributed by atoms with E-state index in [0.29, 0.717) is 5.56 Å². The average Bonchev–Trinajstić information content (AvgIpc) is 2.21. The van der Waals surface area contributed by atoms with Crippen molar-refractivity contribution in [3.05, 3.63) is 26.8 Å². The zero-order valence-electron chi connectivity index (χ0n) is 7.93. The highest BCUT2D eigenvalue weighted by molar-refractivity contribution is 14.1. The summed E-state index contributed by atoms with van der Waals surface area (Å²) in [4.78, 5) is 11.4. The highest BCUT2D eigenvalue weighted by Gasteiger charge is 2.12. The van der Waals surface area contributed by atoms with Crippen molar-refractivity contribution in [1.82, 2.24) is 0 Å². The van der Waals surface area contributed by atoms with Crippen molar-refractivity contribution >= 4 is 40.0 Å². The van der Waals surface area contributed by atoms with Crippen molar-refractivity contribution < 1.29 is 9.53 Å². The molecule has 0 saturated heterocycles. The van der Waals surface area contributed by atoms with Crippen molar-refractivity contribution in [3.63, 3.8) is 0 Å². The zero-order chi connectivity index (χ0) is 10.7. The van der Waals surface area contributed by atoms with Crippen LogP contribution in [0.3, 0.4) is 0 Å². The lowest BCUT2D eigenvalue weighted by atomic mass is 10.1. The molecule has 0 amide bonds. The summed E-state index contributed by atoms with van der Waals surface area (Å²) in [5.74, 6) is 0.752. The van der Waals surface area contributed by atoms with Crippen molar-refractivity contribution in [1.29, 1.82) is 0 Å². The molecule has 0 aliphatic heterocycles. The fourth-order valence-corrected chi connectivity index (χ4v) is 2.03. The lowest BCUT2D eigenvalue weighted by Crippen LogP contribution is -2.05. The van der Waals surface area contributed by atoms with Gasteiger partial charge in [0.15, 0.2) is 5.78 Å². The lowest BCUT2D eigenvalue weighted by Gasteiger charge is -2.09. The van der Waals surface area contributed by atoms with Crippen molar-refractivity contribution in [2.75, 3.05) is 13.0 Å². The Balaban J connectivity index is 3.24. The Labute approximate surface area is 102 Å². The van der Waals surface area contributed by atoms with Gasteiger partial charge in [-0.05, 0) is 47.2 Å². The number of Topliss-reactive ketones (excluding diaryl/α,β-unsaturated/α-hetero) is 1. The maximum absolute atomic E-state index is 11.4. The second-order valence-corrected chi connectivity index (χ2v) is 4.16. The summed E-state index contributed by atoms with van der Waals surface area (Å²) in [7, 11) is 1.61. The fourth-order valence-electron chi connectivity index (χ4n) is 1.19. The SMILES string of the molecule is COc1ccc(C(=O)CCl)c(C)c1I. The number of alkyl halides is 1. The molecule has 0 radical (unpaired) electrons. The largest absolute Gasteiger partial charge is 0.496 e. The first-order valence-corrected chi connectivity index (χ1v) is 5.65. The number of benzene rings is 1. The smallest absolute Gasteiger partial charge is 0.177 e. The number of hydrogen-bond donors (Lipinski definition) is 0. The summed E-state index contributed by atoms with van der Waals surface area (Å²) in [6, 6.07) is 3.54. The van der Waals surface area contributed by atoms with Crippen LogP contribution in [0.2, 0.25) is 0 Å². The minimum atomic E-state index is -0.0512. The van der Waals surface area contributed by atoms with E-state index in [2.05, 4.69) is 22.6 Å². The van der Waals surface area contributed by atoms with E-state index in [-0.39, 0.29) is 11.7 Å². The summed E-state index contributed by atoms with van der Waals surface area (Å²) < 4.78 is 6.10. The number of carbonyl (C=O) groups excluding carboxylic acids is 1. The van der Waals surface area contributed by atoms with Crippen LogP contribution in [0.1, 0.15) is 15.9 Å². The lowest BCUT2D eigenvalue weighted by molar-refractivity contribution is 0.102. The highest BCUT2D eigenvalue weighted by atomic mass is 127. The second kappa shape index (κ2) is 4.98. The molecule has 0 N–H and O–H groups in total. The van der Waals surface area contributed by atoms with Gasteiger partial charge in [0.05, 0.1) is 16.6 Å². The van der Waals surface area contributed by atoms with Crippen LogP contribution in [-0.4, -0.2) is 18.8 Å². The Hall–Kier alpha value is -0.290. The maximum Gasteiger partial charge on any atom is 0.177 e. The monoisotopic (exact) mass is 324 g/mol. The van der Waals surface area contributed by atoms with Crippen LogP contribution in [0, 0.1) is 10.5 Å².